The van der Waals surface area contributed by atoms with Gasteiger partial charge in [-0.15, -0.1) is 0 Å². The Bertz CT molecular complexity index is 559. The highest BCUT2D eigenvalue weighted by molar-refractivity contribution is 7.92. The summed E-state index contributed by atoms with van der Waals surface area (Å²) >= 11 is 0. The normalized spacial score (nSPS) is 26.9. The minimum Gasteiger partial charge on any atom is -0.481 e. The van der Waals surface area contributed by atoms with Gasteiger partial charge in [-0.3, -0.25) is 4.79 Å². The maximum Gasteiger partial charge on any atom is 0.308 e. The molecule has 0 unspecified atom stereocenters. The Morgan fingerprint density at radius 1 is 1.28 bits per heavy atom. The van der Waals surface area contributed by atoms with Crippen molar-refractivity contribution in [3.63, 3.8) is 0 Å². The van der Waals surface area contributed by atoms with E-state index in [4.69, 9.17) is 5.11 Å². The van der Waals surface area contributed by atoms with Crippen LogP contribution in [0.5, 0.6) is 0 Å². The number of sulfone groups is 1. The molecular formula is C13H16O4S. The average Bonchev–Trinajstić information content (AvgIpc) is 3.06. The highest BCUT2D eigenvalue weighted by Crippen LogP contribution is 2.52. The predicted octanol–water partition coefficient (Wildman–Crippen LogP) is 1.60. The number of hydrogen-bond acceptors (Lipinski definition) is 3. The van der Waals surface area contributed by atoms with Gasteiger partial charge in [-0.25, -0.2) is 8.42 Å². The Labute approximate surface area is 107 Å². The topological polar surface area (TPSA) is 71.4 Å². The zero-order chi connectivity index (χ0) is 13.5. The third-order valence-corrected chi connectivity index (χ3v) is 5.74. The molecule has 2 rings (SSSR count). The van der Waals surface area contributed by atoms with Crippen LogP contribution in [0.15, 0.2) is 24.3 Å². The van der Waals surface area contributed by atoms with E-state index >= 15 is 0 Å². The summed E-state index contributed by atoms with van der Waals surface area (Å²) in [6.07, 6.45) is 0. The molecule has 0 bridgehead atoms. The molecule has 3 atom stereocenters. The lowest BCUT2D eigenvalue weighted by Crippen LogP contribution is -2.14. The van der Waals surface area contributed by atoms with E-state index in [2.05, 4.69) is 0 Å². The number of benzene rings is 1. The smallest absolute Gasteiger partial charge is 0.308 e. The van der Waals surface area contributed by atoms with Crippen LogP contribution in [0.2, 0.25) is 0 Å². The fourth-order valence-electron chi connectivity index (χ4n) is 2.40. The molecule has 0 aromatic heterocycles. The minimum absolute atomic E-state index is 0.0101. The standard InChI is InChI=1S/C13H16O4S/c1-3-18(16,17)12-10(11(12)13(14)15)9-6-4-8(2)5-7-9/h4-7,10-12H,3H2,1-2H3,(H,14,15)/t10-,11+,12+/m1/s1. The lowest BCUT2D eigenvalue weighted by Gasteiger charge is -2.01. The molecule has 0 aliphatic heterocycles. The number of aliphatic carboxylic acids is 1. The van der Waals surface area contributed by atoms with Crippen molar-refractivity contribution in [2.75, 3.05) is 5.75 Å². The number of aryl methyl sites for hydroxylation is 1. The Morgan fingerprint density at radius 2 is 1.83 bits per heavy atom. The van der Waals surface area contributed by atoms with Crippen LogP contribution in [-0.2, 0) is 14.6 Å². The van der Waals surface area contributed by atoms with Gasteiger partial charge < -0.3 is 5.11 Å². The number of carboxylic acids is 1. The van der Waals surface area contributed by atoms with Gasteiger partial charge in [0.05, 0.1) is 11.2 Å². The van der Waals surface area contributed by atoms with Crippen LogP contribution in [0.1, 0.15) is 24.0 Å². The van der Waals surface area contributed by atoms with Crippen LogP contribution < -0.4 is 0 Å². The molecule has 0 spiro atoms. The highest BCUT2D eigenvalue weighted by atomic mass is 32.2. The van der Waals surface area contributed by atoms with E-state index < -0.39 is 32.9 Å². The summed E-state index contributed by atoms with van der Waals surface area (Å²) in [5, 5.41) is 8.34. The van der Waals surface area contributed by atoms with E-state index in [1.807, 2.05) is 31.2 Å². The molecule has 1 saturated carbocycles. The molecule has 1 aliphatic rings. The molecule has 1 aromatic rings. The van der Waals surface area contributed by atoms with Crippen LogP contribution in [0.25, 0.3) is 0 Å². The van der Waals surface area contributed by atoms with Crippen molar-refractivity contribution in [3.8, 4) is 0 Å². The summed E-state index contributed by atoms with van der Waals surface area (Å²) in [6, 6.07) is 7.40. The van der Waals surface area contributed by atoms with Gasteiger partial charge in [-0.05, 0) is 12.5 Å². The molecule has 4 nitrogen and oxygen atoms in total. The third kappa shape index (κ3) is 2.14. The van der Waals surface area contributed by atoms with Crippen LogP contribution in [0, 0.1) is 12.8 Å². The summed E-state index contributed by atoms with van der Waals surface area (Å²) in [4.78, 5) is 11.1. The van der Waals surface area contributed by atoms with Gasteiger partial charge in [0.25, 0.3) is 0 Å². The molecule has 18 heavy (non-hydrogen) atoms. The number of rotatable bonds is 4. The minimum atomic E-state index is -3.31. The molecule has 0 saturated heterocycles. The van der Waals surface area contributed by atoms with E-state index in [0.717, 1.165) is 11.1 Å². The van der Waals surface area contributed by atoms with Crippen molar-refractivity contribution in [2.45, 2.75) is 25.0 Å². The lowest BCUT2D eigenvalue weighted by atomic mass is 10.1. The van der Waals surface area contributed by atoms with Gasteiger partial charge in [-0.2, -0.15) is 0 Å². The van der Waals surface area contributed by atoms with E-state index in [9.17, 15) is 13.2 Å². The van der Waals surface area contributed by atoms with Gasteiger partial charge in [0, 0.05) is 11.7 Å². The second-order valence-electron chi connectivity index (χ2n) is 4.72. The Hall–Kier alpha value is -1.36. The van der Waals surface area contributed by atoms with E-state index in [1.165, 1.54) is 0 Å². The van der Waals surface area contributed by atoms with Crippen molar-refractivity contribution >= 4 is 15.8 Å². The fourth-order valence-corrected chi connectivity index (χ4v) is 4.20. The second-order valence-corrected chi connectivity index (χ2v) is 7.16. The third-order valence-electron chi connectivity index (χ3n) is 3.52. The molecule has 98 valence electrons. The van der Waals surface area contributed by atoms with Crippen molar-refractivity contribution in [3.05, 3.63) is 35.4 Å². The van der Waals surface area contributed by atoms with Gasteiger partial charge in [0.2, 0.25) is 0 Å². The monoisotopic (exact) mass is 268 g/mol. The van der Waals surface area contributed by atoms with Crippen LogP contribution in [-0.4, -0.2) is 30.5 Å². The van der Waals surface area contributed by atoms with Gasteiger partial charge in [0.15, 0.2) is 9.84 Å². The largest absolute Gasteiger partial charge is 0.481 e. The fraction of sp³-hybridized carbons (Fsp3) is 0.462. The van der Waals surface area contributed by atoms with Crippen LogP contribution >= 0.6 is 0 Å². The first-order chi connectivity index (χ1) is 8.38. The number of carbonyl (C=O) groups is 1. The predicted molar refractivity (Wildman–Crippen MR) is 68.3 cm³/mol. The second kappa shape index (κ2) is 4.39. The molecule has 0 heterocycles. The van der Waals surface area contributed by atoms with Gasteiger partial charge >= 0.3 is 5.97 Å². The van der Waals surface area contributed by atoms with Gasteiger partial charge in [0.1, 0.15) is 0 Å². The van der Waals surface area contributed by atoms with Gasteiger partial charge in [-0.1, -0.05) is 36.8 Å². The van der Waals surface area contributed by atoms with Crippen molar-refractivity contribution < 1.29 is 18.3 Å². The molecule has 1 N–H and O–H groups in total. The van der Waals surface area contributed by atoms with Crippen molar-refractivity contribution in [2.24, 2.45) is 5.92 Å². The number of hydrogen-bond donors (Lipinski definition) is 1. The molecule has 1 aromatic carbocycles. The average molecular weight is 268 g/mol. The van der Waals surface area contributed by atoms with Crippen molar-refractivity contribution in [1.82, 2.24) is 0 Å². The maximum absolute atomic E-state index is 11.9. The zero-order valence-electron chi connectivity index (χ0n) is 10.3. The van der Waals surface area contributed by atoms with Crippen molar-refractivity contribution in [1.29, 1.82) is 0 Å². The number of carboxylic acid groups (broad SMARTS) is 1. The molecule has 5 heteroatoms. The summed E-state index contributed by atoms with van der Waals surface area (Å²) < 4.78 is 23.7. The maximum atomic E-state index is 11.9. The molecule has 1 fully saturated rings. The quantitative estimate of drug-likeness (QED) is 0.900. The lowest BCUT2D eigenvalue weighted by molar-refractivity contribution is -0.138. The zero-order valence-corrected chi connectivity index (χ0v) is 11.1. The summed E-state index contributed by atoms with van der Waals surface area (Å²) in [5.74, 6) is -2.22. The summed E-state index contributed by atoms with van der Waals surface area (Å²) in [7, 11) is -3.31. The Kier molecular flexibility index (Phi) is 3.19. The summed E-state index contributed by atoms with van der Waals surface area (Å²) in [6.45, 7) is 3.49. The first-order valence-corrected chi connectivity index (χ1v) is 7.61. The first kappa shape index (κ1) is 13.1. The van der Waals surface area contributed by atoms with E-state index in [1.54, 1.807) is 6.92 Å². The Morgan fingerprint density at radius 3 is 2.28 bits per heavy atom. The molecule has 0 radical (unpaired) electrons. The summed E-state index contributed by atoms with van der Waals surface area (Å²) in [5.41, 5.74) is 1.87. The van der Waals surface area contributed by atoms with E-state index in [0.29, 0.717) is 0 Å². The molecule has 1 aliphatic carbocycles. The molecule has 0 amide bonds. The van der Waals surface area contributed by atoms with E-state index in [-0.39, 0.29) is 5.75 Å². The Balaban J connectivity index is 2.33. The van der Waals surface area contributed by atoms with Crippen LogP contribution in [0.4, 0.5) is 0 Å². The van der Waals surface area contributed by atoms with Crippen LogP contribution in [0.3, 0.4) is 0 Å². The SMILES string of the molecule is CCS(=O)(=O)[C@@H]1[C@@H](C(=O)O)[C@H]1c1ccc(C)cc1. The highest BCUT2D eigenvalue weighted by Gasteiger charge is 2.62. The first-order valence-electron chi connectivity index (χ1n) is 5.89. The molecular weight excluding hydrogens is 252 g/mol.